The minimum atomic E-state index is -0.264. The summed E-state index contributed by atoms with van der Waals surface area (Å²) in [4.78, 5) is 31.3. The number of rotatable bonds is 3. The lowest BCUT2D eigenvalue weighted by atomic mass is 9.97. The van der Waals surface area contributed by atoms with E-state index in [9.17, 15) is 9.59 Å². The maximum atomic E-state index is 13.0. The Bertz CT molecular complexity index is 1040. The first-order chi connectivity index (χ1) is 13.6. The number of fused-ring (bicyclic) bond motifs is 1. The number of pyridine rings is 1. The average molecular weight is 378 g/mol. The summed E-state index contributed by atoms with van der Waals surface area (Å²) >= 11 is 0. The van der Waals surface area contributed by atoms with Crippen LogP contribution in [0.15, 0.2) is 42.6 Å². The molecule has 28 heavy (non-hydrogen) atoms. The van der Waals surface area contributed by atoms with E-state index >= 15 is 0 Å². The molecule has 1 aliphatic rings. The van der Waals surface area contributed by atoms with Crippen molar-refractivity contribution in [3.05, 3.63) is 53.9 Å². The van der Waals surface area contributed by atoms with Gasteiger partial charge in [0.1, 0.15) is 0 Å². The Morgan fingerprint density at radius 2 is 2.00 bits per heavy atom. The van der Waals surface area contributed by atoms with Gasteiger partial charge >= 0.3 is 5.97 Å². The van der Waals surface area contributed by atoms with Gasteiger partial charge in [-0.05, 0) is 38.0 Å². The maximum Gasteiger partial charge on any atom is 0.310 e. The molecule has 1 atom stereocenters. The summed E-state index contributed by atoms with van der Waals surface area (Å²) in [6.45, 7) is 2.87. The van der Waals surface area contributed by atoms with E-state index in [2.05, 4.69) is 10.1 Å². The second-order valence-corrected chi connectivity index (χ2v) is 7.03. The predicted octanol–water partition coefficient (Wildman–Crippen LogP) is 2.75. The van der Waals surface area contributed by atoms with Crippen LogP contribution in [0.3, 0.4) is 0 Å². The van der Waals surface area contributed by atoms with E-state index in [-0.39, 0.29) is 17.8 Å². The zero-order valence-electron chi connectivity index (χ0n) is 16.0. The van der Waals surface area contributed by atoms with Crippen molar-refractivity contribution in [2.24, 2.45) is 5.92 Å². The molecule has 0 bridgehead atoms. The summed E-state index contributed by atoms with van der Waals surface area (Å²) < 4.78 is 6.52. The Balaban J connectivity index is 1.60. The van der Waals surface area contributed by atoms with Crippen LogP contribution in [0.4, 0.5) is 0 Å². The van der Waals surface area contributed by atoms with Crippen molar-refractivity contribution in [1.82, 2.24) is 19.7 Å². The van der Waals surface area contributed by atoms with Crippen molar-refractivity contribution in [3.63, 3.8) is 0 Å². The second-order valence-electron chi connectivity index (χ2n) is 7.03. The molecule has 1 amide bonds. The predicted molar refractivity (Wildman–Crippen MR) is 104 cm³/mol. The molecule has 1 saturated heterocycles. The molecule has 3 aromatic rings. The number of aromatic nitrogens is 3. The smallest absolute Gasteiger partial charge is 0.310 e. The number of hydrogen-bond donors (Lipinski definition) is 0. The third kappa shape index (κ3) is 3.24. The van der Waals surface area contributed by atoms with Crippen molar-refractivity contribution < 1.29 is 14.3 Å². The van der Waals surface area contributed by atoms with Crippen LogP contribution in [0.2, 0.25) is 0 Å². The molecule has 2 aromatic heterocycles. The Kier molecular flexibility index (Phi) is 4.81. The van der Waals surface area contributed by atoms with Crippen molar-refractivity contribution in [2.45, 2.75) is 19.8 Å². The highest BCUT2D eigenvalue weighted by molar-refractivity contribution is 5.95. The lowest BCUT2D eigenvalue weighted by molar-refractivity contribution is -0.146. The zero-order valence-corrected chi connectivity index (χ0v) is 16.0. The van der Waals surface area contributed by atoms with Gasteiger partial charge in [0.15, 0.2) is 5.82 Å². The Labute approximate surface area is 162 Å². The fourth-order valence-electron chi connectivity index (χ4n) is 3.71. The third-order valence-electron chi connectivity index (χ3n) is 5.28. The van der Waals surface area contributed by atoms with Gasteiger partial charge < -0.3 is 9.64 Å². The maximum absolute atomic E-state index is 13.0. The Morgan fingerprint density at radius 1 is 1.18 bits per heavy atom. The van der Waals surface area contributed by atoms with E-state index in [0.717, 1.165) is 29.4 Å². The molecule has 0 spiro atoms. The lowest BCUT2D eigenvalue weighted by Crippen LogP contribution is -2.42. The first kappa shape index (κ1) is 18.2. The average Bonchev–Trinajstić information content (AvgIpc) is 3.13. The molecule has 0 aliphatic carbocycles. The fourth-order valence-corrected chi connectivity index (χ4v) is 3.71. The number of hydrogen-bond acceptors (Lipinski definition) is 5. The van der Waals surface area contributed by atoms with E-state index in [1.807, 2.05) is 43.3 Å². The number of amides is 1. The molecule has 0 saturated carbocycles. The van der Waals surface area contributed by atoms with Gasteiger partial charge in [-0.3, -0.25) is 9.59 Å². The minimum absolute atomic E-state index is 0.113. The first-order valence-corrected chi connectivity index (χ1v) is 9.36. The summed E-state index contributed by atoms with van der Waals surface area (Å²) in [6.07, 6.45) is 3.11. The quantitative estimate of drug-likeness (QED) is 0.655. The highest BCUT2D eigenvalue weighted by Gasteiger charge is 2.31. The van der Waals surface area contributed by atoms with Gasteiger partial charge in [0.2, 0.25) is 0 Å². The van der Waals surface area contributed by atoms with Crippen molar-refractivity contribution in [2.75, 3.05) is 20.2 Å². The van der Waals surface area contributed by atoms with E-state index in [4.69, 9.17) is 4.74 Å². The van der Waals surface area contributed by atoms with Gasteiger partial charge in [-0.2, -0.15) is 5.10 Å². The third-order valence-corrected chi connectivity index (χ3v) is 5.28. The lowest BCUT2D eigenvalue weighted by Gasteiger charge is -2.31. The molecule has 144 valence electrons. The van der Waals surface area contributed by atoms with Crippen LogP contribution in [0.25, 0.3) is 16.7 Å². The molecule has 7 heteroatoms. The summed E-state index contributed by atoms with van der Waals surface area (Å²) in [7, 11) is 1.38. The van der Waals surface area contributed by atoms with Crippen LogP contribution in [0.5, 0.6) is 0 Å². The normalized spacial score (nSPS) is 16.9. The number of nitrogens with zero attached hydrogens (tertiary/aromatic N) is 4. The molecular weight excluding hydrogens is 356 g/mol. The number of esters is 1. The number of benzene rings is 1. The van der Waals surface area contributed by atoms with Gasteiger partial charge in [0, 0.05) is 18.5 Å². The molecule has 0 N–H and O–H groups in total. The van der Waals surface area contributed by atoms with Crippen LogP contribution in [0.1, 0.15) is 28.9 Å². The monoisotopic (exact) mass is 378 g/mol. The van der Waals surface area contributed by atoms with Crippen LogP contribution in [-0.4, -0.2) is 51.7 Å². The Hall–Kier alpha value is -3.22. The highest BCUT2D eigenvalue weighted by Crippen LogP contribution is 2.22. The van der Waals surface area contributed by atoms with Gasteiger partial charge in [0.25, 0.3) is 5.91 Å². The standard InChI is InChI=1S/C21H22N4O3/c1-14-17(20(26)24-11-5-7-16(13-24)21(27)28-2)12-22-25(14)19-10-9-15-6-3-4-8-18(15)23-19/h3-4,6,8-10,12,16H,5,7,11,13H2,1-2H3. The summed E-state index contributed by atoms with van der Waals surface area (Å²) in [5.74, 6) is 0.0324. The summed E-state index contributed by atoms with van der Waals surface area (Å²) in [5, 5.41) is 5.44. The molecule has 3 heterocycles. The summed E-state index contributed by atoms with van der Waals surface area (Å²) in [5.41, 5.74) is 2.13. The van der Waals surface area contributed by atoms with Gasteiger partial charge in [0.05, 0.1) is 36.0 Å². The number of para-hydroxylation sites is 1. The molecule has 7 nitrogen and oxygen atoms in total. The topological polar surface area (TPSA) is 77.3 Å². The van der Waals surface area contributed by atoms with Crippen LogP contribution in [-0.2, 0) is 9.53 Å². The molecule has 4 rings (SSSR count). The van der Waals surface area contributed by atoms with Gasteiger partial charge in [-0.1, -0.05) is 18.2 Å². The van der Waals surface area contributed by atoms with E-state index in [1.54, 1.807) is 15.8 Å². The number of likely N-dealkylation sites (tertiary alicyclic amines) is 1. The summed E-state index contributed by atoms with van der Waals surface area (Å²) in [6, 6.07) is 11.8. The van der Waals surface area contributed by atoms with E-state index in [0.29, 0.717) is 24.5 Å². The van der Waals surface area contributed by atoms with Crippen LogP contribution >= 0.6 is 0 Å². The minimum Gasteiger partial charge on any atom is -0.469 e. The van der Waals surface area contributed by atoms with Crippen molar-refractivity contribution in [1.29, 1.82) is 0 Å². The molecule has 0 radical (unpaired) electrons. The van der Waals surface area contributed by atoms with Crippen molar-refractivity contribution in [3.8, 4) is 5.82 Å². The van der Waals surface area contributed by atoms with Crippen LogP contribution in [0, 0.1) is 12.8 Å². The van der Waals surface area contributed by atoms with Crippen molar-refractivity contribution >= 4 is 22.8 Å². The molecular formula is C21H22N4O3. The van der Waals surface area contributed by atoms with E-state index < -0.39 is 0 Å². The van der Waals surface area contributed by atoms with E-state index in [1.165, 1.54) is 7.11 Å². The molecule has 1 aliphatic heterocycles. The SMILES string of the molecule is COC(=O)C1CCCN(C(=O)c2cnn(-c3ccc4ccccc4n3)c2C)C1. The number of carbonyl (C=O) groups is 2. The number of ether oxygens (including phenoxy) is 1. The molecule has 1 unspecified atom stereocenters. The number of methoxy groups -OCH3 is 1. The van der Waals surface area contributed by atoms with Crippen LogP contribution < -0.4 is 0 Å². The molecule has 1 aromatic carbocycles. The highest BCUT2D eigenvalue weighted by atomic mass is 16.5. The number of carbonyl (C=O) groups excluding carboxylic acids is 2. The first-order valence-electron chi connectivity index (χ1n) is 9.36. The van der Waals surface area contributed by atoms with Gasteiger partial charge in [-0.15, -0.1) is 0 Å². The fraction of sp³-hybridized carbons (Fsp3) is 0.333. The zero-order chi connectivity index (χ0) is 19.7. The largest absolute Gasteiger partial charge is 0.469 e. The second kappa shape index (κ2) is 7.42. The number of piperidine rings is 1. The molecule has 1 fully saturated rings. The van der Waals surface area contributed by atoms with Gasteiger partial charge in [-0.25, -0.2) is 9.67 Å². The Morgan fingerprint density at radius 3 is 2.82 bits per heavy atom.